The predicted octanol–water partition coefficient (Wildman–Crippen LogP) is 4.64. The van der Waals surface area contributed by atoms with Gasteiger partial charge >= 0.3 is 5.97 Å². The SMILES string of the molecule is O=C(O)c1cc(Oc2ncc(Cl)cc2Br)ccc1Cl. The highest BCUT2D eigenvalue weighted by molar-refractivity contribution is 9.10. The maximum atomic E-state index is 11.0. The minimum atomic E-state index is -1.13. The van der Waals surface area contributed by atoms with Crippen molar-refractivity contribution in [2.24, 2.45) is 0 Å². The van der Waals surface area contributed by atoms with Gasteiger partial charge in [0.2, 0.25) is 5.88 Å². The van der Waals surface area contributed by atoms with Crippen LogP contribution in [0, 0.1) is 0 Å². The van der Waals surface area contributed by atoms with Crippen LogP contribution in [0.3, 0.4) is 0 Å². The van der Waals surface area contributed by atoms with Gasteiger partial charge in [0.05, 0.1) is 20.1 Å². The summed E-state index contributed by atoms with van der Waals surface area (Å²) in [6, 6.07) is 5.95. The molecule has 0 amide bonds. The number of hydrogen-bond donors (Lipinski definition) is 1. The third-order valence-electron chi connectivity index (χ3n) is 2.16. The number of halogens is 3. The molecule has 0 saturated heterocycles. The van der Waals surface area contributed by atoms with Crippen molar-refractivity contribution in [1.82, 2.24) is 4.98 Å². The van der Waals surface area contributed by atoms with Gasteiger partial charge in [-0.3, -0.25) is 0 Å². The van der Waals surface area contributed by atoms with Crippen LogP contribution in [0.4, 0.5) is 0 Å². The van der Waals surface area contributed by atoms with Crippen molar-refractivity contribution in [2.75, 3.05) is 0 Å². The quantitative estimate of drug-likeness (QED) is 0.863. The lowest BCUT2D eigenvalue weighted by Crippen LogP contribution is -1.98. The molecule has 0 saturated carbocycles. The van der Waals surface area contributed by atoms with Crippen molar-refractivity contribution in [3.8, 4) is 11.6 Å². The van der Waals surface area contributed by atoms with E-state index in [9.17, 15) is 4.79 Å². The Bertz CT molecular complexity index is 649. The standard InChI is InChI=1S/C12H6BrCl2NO3/c13-9-3-6(14)5-16-11(9)19-7-1-2-10(15)8(4-7)12(17)18/h1-5H,(H,17,18). The molecule has 0 fully saturated rings. The molecule has 1 heterocycles. The lowest BCUT2D eigenvalue weighted by molar-refractivity contribution is 0.0696. The third-order valence-corrected chi connectivity index (χ3v) is 3.26. The molecule has 4 nitrogen and oxygen atoms in total. The Morgan fingerprint density at radius 1 is 1.32 bits per heavy atom. The second kappa shape index (κ2) is 5.77. The van der Waals surface area contributed by atoms with Crippen molar-refractivity contribution in [3.63, 3.8) is 0 Å². The zero-order chi connectivity index (χ0) is 14.0. The number of hydrogen-bond acceptors (Lipinski definition) is 3. The first-order valence-electron chi connectivity index (χ1n) is 4.99. The number of rotatable bonds is 3. The normalized spacial score (nSPS) is 10.3. The van der Waals surface area contributed by atoms with Gasteiger partial charge in [-0.15, -0.1) is 0 Å². The van der Waals surface area contributed by atoms with Crippen LogP contribution in [-0.4, -0.2) is 16.1 Å². The fraction of sp³-hybridized carbons (Fsp3) is 0. The molecule has 0 aliphatic rings. The average molecular weight is 363 g/mol. The predicted molar refractivity (Wildman–Crippen MR) is 75.4 cm³/mol. The second-order valence-corrected chi connectivity index (χ2v) is 5.19. The van der Waals surface area contributed by atoms with Gasteiger partial charge in [0, 0.05) is 6.20 Å². The number of ether oxygens (including phenoxy) is 1. The largest absolute Gasteiger partial charge is 0.478 e. The smallest absolute Gasteiger partial charge is 0.337 e. The van der Waals surface area contributed by atoms with Crippen LogP contribution in [0.15, 0.2) is 34.9 Å². The van der Waals surface area contributed by atoms with E-state index in [0.29, 0.717) is 15.2 Å². The molecule has 0 unspecified atom stereocenters. The maximum Gasteiger partial charge on any atom is 0.337 e. The summed E-state index contributed by atoms with van der Waals surface area (Å²) in [5.74, 6) is -0.529. The molecule has 98 valence electrons. The van der Waals surface area contributed by atoms with Gasteiger partial charge in [-0.2, -0.15) is 0 Å². The van der Waals surface area contributed by atoms with Crippen LogP contribution in [0.5, 0.6) is 11.6 Å². The Morgan fingerprint density at radius 2 is 2.05 bits per heavy atom. The van der Waals surface area contributed by atoms with Crippen molar-refractivity contribution in [1.29, 1.82) is 0 Å². The third kappa shape index (κ3) is 3.37. The van der Waals surface area contributed by atoms with Crippen molar-refractivity contribution in [3.05, 3.63) is 50.5 Å². The molecule has 19 heavy (non-hydrogen) atoms. The minimum absolute atomic E-state index is 0.0377. The molecule has 0 radical (unpaired) electrons. The van der Waals surface area contributed by atoms with Crippen LogP contribution in [-0.2, 0) is 0 Å². The summed E-state index contributed by atoms with van der Waals surface area (Å²) in [4.78, 5) is 14.9. The second-order valence-electron chi connectivity index (χ2n) is 3.49. The average Bonchev–Trinajstić information content (AvgIpc) is 2.34. The zero-order valence-corrected chi connectivity index (χ0v) is 12.3. The lowest BCUT2D eigenvalue weighted by Gasteiger charge is -2.08. The minimum Gasteiger partial charge on any atom is -0.478 e. The number of aromatic nitrogens is 1. The van der Waals surface area contributed by atoms with Crippen molar-refractivity contribution < 1.29 is 14.6 Å². The molecule has 1 N–H and O–H groups in total. The van der Waals surface area contributed by atoms with E-state index in [1.165, 1.54) is 18.3 Å². The number of aromatic carboxylic acids is 1. The molecule has 1 aromatic carbocycles. The summed E-state index contributed by atoms with van der Waals surface area (Å²) in [5.41, 5.74) is -0.0377. The zero-order valence-electron chi connectivity index (χ0n) is 9.23. The molecule has 0 spiro atoms. The summed E-state index contributed by atoms with van der Waals surface area (Å²) < 4.78 is 6.03. The Kier molecular flexibility index (Phi) is 4.29. The van der Waals surface area contributed by atoms with Gasteiger partial charge < -0.3 is 9.84 Å². The van der Waals surface area contributed by atoms with Crippen molar-refractivity contribution in [2.45, 2.75) is 0 Å². The van der Waals surface area contributed by atoms with Crippen LogP contribution in [0.1, 0.15) is 10.4 Å². The van der Waals surface area contributed by atoms with Crippen LogP contribution < -0.4 is 4.74 Å². The van der Waals surface area contributed by atoms with Gasteiger partial charge in [0.1, 0.15) is 5.75 Å². The fourth-order valence-corrected chi connectivity index (χ4v) is 2.24. The highest BCUT2D eigenvalue weighted by Gasteiger charge is 2.12. The number of carboxylic acids is 1. The summed E-state index contributed by atoms with van der Waals surface area (Å²) in [6.45, 7) is 0. The molecule has 2 rings (SSSR count). The first-order valence-corrected chi connectivity index (χ1v) is 6.54. The fourth-order valence-electron chi connectivity index (χ4n) is 1.32. The summed E-state index contributed by atoms with van der Waals surface area (Å²) in [7, 11) is 0. The molecule has 0 aliphatic heterocycles. The monoisotopic (exact) mass is 361 g/mol. The van der Waals surface area contributed by atoms with Crippen LogP contribution >= 0.6 is 39.1 Å². The summed E-state index contributed by atoms with van der Waals surface area (Å²) in [5, 5.41) is 9.57. The van der Waals surface area contributed by atoms with E-state index < -0.39 is 5.97 Å². The summed E-state index contributed by atoms with van der Waals surface area (Å²) >= 11 is 14.8. The van der Waals surface area contributed by atoms with Gasteiger partial charge in [0.25, 0.3) is 0 Å². The topological polar surface area (TPSA) is 59.4 Å². The molecular weight excluding hydrogens is 357 g/mol. The van der Waals surface area contributed by atoms with E-state index in [1.807, 2.05) is 0 Å². The Labute approximate surface area is 127 Å². The first kappa shape index (κ1) is 14.1. The maximum absolute atomic E-state index is 11.0. The number of carbonyl (C=O) groups is 1. The van der Waals surface area contributed by atoms with E-state index in [2.05, 4.69) is 20.9 Å². The van der Waals surface area contributed by atoms with Gasteiger partial charge in [-0.25, -0.2) is 9.78 Å². The lowest BCUT2D eigenvalue weighted by atomic mass is 10.2. The Balaban J connectivity index is 2.33. The number of benzene rings is 1. The van der Waals surface area contributed by atoms with E-state index in [0.717, 1.165) is 0 Å². The van der Waals surface area contributed by atoms with E-state index in [1.54, 1.807) is 12.1 Å². The van der Waals surface area contributed by atoms with Crippen molar-refractivity contribution >= 4 is 45.1 Å². The molecular formula is C12H6BrCl2NO3. The van der Waals surface area contributed by atoms with Gasteiger partial charge in [-0.05, 0) is 40.2 Å². The van der Waals surface area contributed by atoms with E-state index >= 15 is 0 Å². The van der Waals surface area contributed by atoms with Crippen LogP contribution in [0.2, 0.25) is 10.0 Å². The Morgan fingerprint density at radius 3 is 2.68 bits per heavy atom. The van der Waals surface area contributed by atoms with Gasteiger partial charge in [-0.1, -0.05) is 23.2 Å². The number of carboxylic acid groups (broad SMARTS) is 1. The molecule has 1 aromatic heterocycles. The molecule has 0 aliphatic carbocycles. The van der Waals surface area contributed by atoms with Gasteiger partial charge in [0.15, 0.2) is 0 Å². The number of pyridine rings is 1. The van der Waals surface area contributed by atoms with Crippen LogP contribution in [0.25, 0.3) is 0 Å². The molecule has 2 aromatic rings. The first-order chi connectivity index (χ1) is 8.97. The summed E-state index contributed by atoms with van der Waals surface area (Å²) in [6.07, 6.45) is 1.43. The molecule has 7 heteroatoms. The van der Waals surface area contributed by atoms with E-state index in [-0.39, 0.29) is 16.5 Å². The number of nitrogens with zero attached hydrogens (tertiary/aromatic N) is 1. The molecule has 0 bridgehead atoms. The Hall–Kier alpha value is -1.30. The highest BCUT2D eigenvalue weighted by Crippen LogP contribution is 2.31. The molecule has 0 atom stereocenters. The van der Waals surface area contributed by atoms with E-state index in [4.69, 9.17) is 33.0 Å². The highest BCUT2D eigenvalue weighted by atomic mass is 79.9.